The largest absolute Gasteiger partial charge is 0.480 e. The zero-order valence-corrected chi connectivity index (χ0v) is 8.21. The number of carboxylic acids is 1. The molecule has 0 amide bonds. The molecular weight excluding hydrogens is 194 g/mol. The first-order chi connectivity index (χ1) is 5.72. The summed E-state index contributed by atoms with van der Waals surface area (Å²) >= 11 is 0. The van der Waals surface area contributed by atoms with Crippen LogP contribution >= 0.6 is 21.6 Å². The van der Waals surface area contributed by atoms with Crippen molar-refractivity contribution in [1.29, 1.82) is 0 Å². The summed E-state index contributed by atoms with van der Waals surface area (Å²) in [7, 11) is 3.73. The molecule has 5 heteroatoms. The van der Waals surface area contributed by atoms with Crippen molar-refractivity contribution in [2.75, 3.05) is 12.3 Å². The van der Waals surface area contributed by atoms with E-state index >= 15 is 0 Å². The zero-order valence-electron chi connectivity index (χ0n) is 6.58. The molecule has 0 bridgehead atoms. The van der Waals surface area contributed by atoms with E-state index in [9.17, 15) is 4.79 Å². The van der Waals surface area contributed by atoms with Gasteiger partial charge in [0.15, 0.2) is 0 Å². The fourth-order valence-electron chi connectivity index (χ4n) is 1.69. The van der Waals surface area contributed by atoms with Crippen LogP contribution in [0.1, 0.15) is 12.8 Å². The first kappa shape index (κ1) is 8.72. The third kappa shape index (κ3) is 1.45. The van der Waals surface area contributed by atoms with E-state index in [1.54, 1.807) is 0 Å². The summed E-state index contributed by atoms with van der Waals surface area (Å²) < 4.78 is 0.230. The van der Waals surface area contributed by atoms with Crippen molar-refractivity contribution in [3.05, 3.63) is 0 Å². The van der Waals surface area contributed by atoms with E-state index in [1.807, 2.05) is 21.6 Å². The van der Waals surface area contributed by atoms with Gasteiger partial charge < -0.3 is 10.4 Å². The summed E-state index contributed by atoms with van der Waals surface area (Å²) in [5.74, 6) is 0.461. The summed E-state index contributed by atoms with van der Waals surface area (Å²) in [5, 5.41) is 11.8. The number of hydrogen-bond acceptors (Lipinski definition) is 4. The first-order valence-corrected chi connectivity index (χ1v) is 6.31. The van der Waals surface area contributed by atoms with Crippen LogP contribution in [0.25, 0.3) is 0 Å². The minimum absolute atomic E-state index is 0.230. The van der Waals surface area contributed by atoms with Gasteiger partial charge in [0.1, 0.15) is 6.04 Å². The van der Waals surface area contributed by atoms with Crippen LogP contribution in [0.3, 0.4) is 0 Å². The SMILES string of the molecule is O=C(O)[C@@H]1CC2(CCSS2)CN1. The molecule has 2 saturated heterocycles. The highest BCUT2D eigenvalue weighted by Gasteiger charge is 2.44. The molecule has 3 nitrogen and oxygen atoms in total. The summed E-state index contributed by atoms with van der Waals surface area (Å²) in [5.41, 5.74) is 0. The molecule has 2 rings (SSSR count). The molecule has 2 heterocycles. The summed E-state index contributed by atoms with van der Waals surface area (Å²) in [6, 6.07) is -0.309. The normalized spacial score (nSPS) is 40.8. The molecule has 2 atom stereocenters. The molecule has 1 unspecified atom stereocenters. The van der Waals surface area contributed by atoms with Crippen LogP contribution in [-0.2, 0) is 4.79 Å². The predicted octanol–water partition coefficient (Wildman–Crippen LogP) is 0.957. The van der Waals surface area contributed by atoms with Gasteiger partial charge in [0, 0.05) is 17.0 Å². The average molecular weight is 205 g/mol. The molecule has 0 saturated carbocycles. The van der Waals surface area contributed by atoms with Crippen molar-refractivity contribution in [3.63, 3.8) is 0 Å². The van der Waals surface area contributed by atoms with Crippen LogP contribution in [0, 0.1) is 0 Å². The van der Waals surface area contributed by atoms with E-state index < -0.39 is 5.97 Å². The molecule has 12 heavy (non-hydrogen) atoms. The molecule has 0 aromatic rings. The second kappa shape index (κ2) is 3.12. The summed E-state index contributed by atoms with van der Waals surface area (Å²) in [6.45, 7) is 0.863. The lowest BCUT2D eigenvalue weighted by atomic mass is 10.0. The van der Waals surface area contributed by atoms with E-state index in [-0.39, 0.29) is 10.8 Å². The minimum atomic E-state index is -0.704. The Balaban J connectivity index is 2.01. The van der Waals surface area contributed by atoms with Gasteiger partial charge in [-0.15, -0.1) is 0 Å². The molecule has 0 radical (unpaired) electrons. The van der Waals surface area contributed by atoms with E-state index in [0.717, 1.165) is 19.4 Å². The smallest absolute Gasteiger partial charge is 0.320 e. The molecule has 0 aromatic heterocycles. The van der Waals surface area contributed by atoms with Gasteiger partial charge in [-0.3, -0.25) is 4.79 Å². The zero-order chi connectivity index (χ0) is 8.60. The molecule has 0 aliphatic carbocycles. The maximum Gasteiger partial charge on any atom is 0.320 e. The van der Waals surface area contributed by atoms with Crippen LogP contribution in [0.5, 0.6) is 0 Å². The molecule has 2 fully saturated rings. The summed E-state index contributed by atoms with van der Waals surface area (Å²) in [6.07, 6.45) is 1.94. The van der Waals surface area contributed by atoms with Crippen molar-refractivity contribution in [3.8, 4) is 0 Å². The van der Waals surface area contributed by atoms with Gasteiger partial charge in [0.2, 0.25) is 0 Å². The second-order valence-corrected chi connectivity index (χ2v) is 6.20. The molecule has 68 valence electrons. The van der Waals surface area contributed by atoms with Gasteiger partial charge in [-0.25, -0.2) is 0 Å². The van der Waals surface area contributed by atoms with Gasteiger partial charge in [0.25, 0.3) is 0 Å². The van der Waals surface area contributed by atoms with E-state index in [0.29, 0.717) is 0 Å². The Morgan fingerprint density at radius 3 is 3.00 bits per heavy atom. The number of aliphatic carboxylic acids is 1. The number of rotatable bonds is 1. The number of carboxylic acid groups (broad SMARTS) is 1. The predicted molar refractivity (Wildman–Crippen MR) is 51.4 cm³/mol. The minimum Gasteiger partial charge on any atom is -0.480 e. The quantitative estimate of drug-likeness (QED) is 0.624. The molecule has 2 aliphatic heterocycles. The van der Waals surface area contributed by atoms with Crippen LogP contribution in [0.4, 0.5) is 0 Å². The monoisotopic (exact) mass is 205 g/mol. The molecule has 2 aliphatic rings. The Kier molecular flexibility index (Phi) is 2.27. The molecule has 1 spiro atoms. The first-order valence-electron chi connectivity index (χ1n) is 3.99. The Morgan fingerprint density at radius 1 is 1.67 bits per heavy atom. The van der Waals surface area contributed by atoms with Gasteiger partial charge >= 0.3 is 5.97 Å². The Hall–Kier alpha value is 0.130. The lowest BCUT2D eigenvalue weighted by Gasteiger charge is -2.17. The fraction of sp³-hybridized carbons (Fsp3) is 0.857. The lowest BCUT2D eigenvalue weighted by molar-refractivity contribution is -0.139. The highest BCUT2D eigenvalue weighted by Crippen LogP contribution is 2.50. The van der Waals surface area contributed by atoms with E-state index in [2.05, 4.69) is 5.32 Å². The third-order valence-corrected chi connectivity index (χ3v) is 5.69. The highest BCUT2D eigenvalue weighted by molar-refractivity contribution is 8.77. The Labute approximate surface area is 79.1 Å². The van der Waals surface area contributed by atoms with Gasteiger partial charge in [-0.05, 0) is 12.8 Å². The van der Waals surface area contributed by atoms with Crippen molar-refractivity contribution < 1.29 is 9.90 Å². The van der Waals surface area contributed by atoms with Crippen LogP contribution in [0.2, 0.25) is 0 Å². The van der Waals surface area contributed by atoms with E-state index in [1.165, 1.54) is 5.75 Å². The number of nitrogens with one attached hydrogen (secondary N) is 1. The van der Waals surface area contributed by atoms with Crippen LogP contribution in [0.15, 0.2) is 0 Å². The highest BCUT2D eigenvalue weighted by atomic mass is 33.1. The van der Waals surface area contributed by atoms with Gasteiger partial charge in [0.05, 0.1) is 0 Å². The fourth-order valence-corrected chi connectivity index (χ4v) is 5.07. The van der Waals surface area contributed by atoms with Crippen molar-refractivity contribution in [2.45, 2.75) is 23.6 Å². The maximum atomic E-state index is 10.7. The van der Waals surface area contributed by atoms with Crippen LogP contribution < -0.4 is 5.32 Å². The number of hydrogen-bond donors (Lipinski definition) is 2. The number of carbonyl (C=O) groups is 1. The third-order valence-electron chi connectivity index (χ3n) is 2.42. The van der Waals surface area contributed by atoms with Crippen molar-refractivity contribution in [2.24, 2.45) is 0 Å². The average Bonchev–Trinajstić information content (AvgIpc) is 2.62. The lowest BCUT2D eigenvalue weighted by Crippen LogP contribution is -2.30. The second-order valence-electron chi connectivity index (χ2n) is 3.31. The standard InChI is InChI=1S/C7H11NO2S2/c9-6(10)5-3-7(4-8-5)1-2-11-12-7/h5,8H,1-4H2,(H,9,10)/t5-,7?/m0/s1. The maximum absolute atomic E-state index is 10.7. The Morgan fingerprint density at radius 2 is 2.50 bits per heavy atom. The van der Waals surface area contributed by atoms with Gasteiger partial charge in [-0.1, -0.05) is 21.6 Å². The topological polar surface area (TPSA) is 49.3 Å². The van der Waals surface area contributed by atoms with E-state index in [4.69, 9.17) is 5.11 Å². The molecular formula is C7H11NO2S2. The molecule has 0 aromatic carbocycles. The molecule has 2 N–H and O–H groups in total. The van der Waals surface area contributed by atoms with Crippen molar-refractivity contribution >= 4 is 27.6 Å². The Bertz CT molecular complexity index is 204. The summed E-state index contributed by atoms with van der Waals surface area (Å²) in [4.78, 5) is 10.7. The van der Waals surface area contributed by atoms with Gasteiger partial charge in [-0.2, -0.15) is 0 Å². The van der Waals surface area contributed by atoms with Crippen LogP contribution in [-0.4, -0.2) is 34.2 Å². The van der Waals surface area contributed by atoms with Crippen molar-refractivity contribution in [1.82, 2.24) is 5.32 Å².